The average Bonchev–Trinajstić information content (AvgIpc) is 2.78. The summed E-state index contributed by atoms with van der Waals surface area (Å²) in [5, 5.41) is 14.5. The van der Waals surface area contributed by atoms with Gasteiger partial charge in [-0.3, -0.25) is 14.9 Å². The number of carbonyl (C=O) groups is 1. The average molecular weight is 447 g/mol. The van der Waals surface area contributed by atoms with Gasteiger partial charge in [-0.05, 0) is 35.9 Å². The minimum Gasteiger partial charge on any atom is -0.422 e. The van der Waals surface area contributed by atoms with E-state index in [1.165, 1.54) is 36.4 Å². The number of halogens is 1. The summed E-state index contributed by atoms with van der Waals surface area (Å²) in [6, 6.07) is 19.6. The number of nitro groups is 1. The molecule has 0 unspecified atom stereocenters. The van der Waals surface area contributed by atoms with Gasteiger partial charge >= 0.3 is 5.63 Å². The van der Waals surface area contributed by atoms with Gasteiger partial charge in [0.05, 0.1) is 15.5 Å². The summed E-state index contributed by atoms with van der Waals surface area (Å²) in [6.07, 6.45) is 2.73. The van der Waals surface area contributed by atoms with Crippen molar-refractivity contribution in [2.45, 2.75) is 0 Å². The molecule has 32 heavy (non-hydrogen) atoms. The van der Waals surface area contributed by atoms with Crippen molar-refractivity contribution in [2.75, 3.05) is 5.32 Å². The van der Waals surface area contributed by atoms with Gasteiger partial charge in [0.2, 0.25) is 5.91 Å². The summed E-state index contributed by atoms with van der Waals surface area (Å²) in [5.74, 6) is -0.439. The molecule has 0 aliphatic heterocycles. The van der Waals surface area contributed by atoms with Crippen molar-refractivity contribution >= 4 is 45.9 Å². The zero-order chi connectivity index (χ0) is 22.7. The van der Waals surface area contributed by atoms with E-state index in [-0.39, 0.29) is 10.7 Å². The van der Waals surface area contributed by atoms with E-state index in [1.807, 2.05) is 12.1 Å². The molecule has 4 aromatic rings. The molecule has 1 aromatic heterocycles. The maximum atomic E-state index is 12.4. The van der Waals surface area contributed by atoms with Crippen molar-refractivity contribution in [1.29, 1.82) is 0 Å². The molecular formula is C24H15ClN2O5. The number of nitrogens with one attached hydrogen (secondary N) is 1. The van der Waals surface area contributed by atoms with E-state index >= 15 is 0 Å². The number of anilines is 1. The van der Waals surface area contributed by atoms with Gasteiger partial charge < -0.3 is 9.73 Å². The number of benzene rings is 3. The smallest absolute Gasteiger partial charge is 0.344 e. The van der Waals surface area contributed by atoms with Crippen LogP contribution >= 0.6 is 11.6 Å². The van der Waals surface area contributed by atoms with Crippen molar-refractivity contribution < 1.29 is 14.1 Å². The lowest BCUT2D eigenvalue weighted by Gasteiger charge is -2.08. The number of carbonyl (C=O) groups excluding carboxylic acids is 1. The van der Waals surface area contributed by atoms with Gasteiger partial charge in [0.15, 0.2) is 0 Å². The standard InChI is InChI=1S/C24H15ClN2O5/c25-21-14-17(26-23(28)11-8-15-4-3-6-18(12-15)27(30)31)9-10-19(21)20-13-16-5-1-2-7-22(16)32-24(20)29/h1-14H,(H,26,28). The molecule has 0 bridgehead atoms. The predicted molar refractivity (Wildman–Crippen MR) is 124 cm³/mol. The summed E-state index contributed by atoms with van der Waals surface area (Å²) >= 11 is 6.38. The van der Waals surface area contributed by atoms with Gasteiger partial charge in [0, 0.05) is 34.8 Å². The molecule has 0 saturated heterocycles. The molecule has 0 aliphatic carbocycles. The number of nitrogens with zero attached hydrogens (tertiary/aromatic N) is 1. The Labute approximate surface area is 186 Å². The number of nitro benzene ring substituents is 1. The minimum absolute atomic E-state index is 0.0619. The number of amides is 1. The van der Waals surface area contributed by atoms with Gasteiger partial charge in [0.25, 0.3) is 5.69 Å². The lowest BCUT2D eigenvalue weighted by Crippen LogP contribution is -2.08. The lowest BCUT2D eigenvalue weighted by molar-refractivity contribution is -0.384. The van der Waals surface area contributed by atoms with E-state index in [4.69, 9.17) is 16.0 Å². The van der Waals surface area contributed by atoms with Crippen LogP contribution in [-0.4, -0.2) is 10.8 Å². The lowest BCUT2D eigenvalue weighted by atomic mass is 10.1. The number of hydrogen-bond acceptors (Lipinski definition) is 5. The van der Waals surface area contributed by atoms with E-state index in [0.717, 1.165) is 5.39 Å². The maximum Gasteiger partial charge on any atom is 0.344 e. The molecule has 7 nitrogen and oxygen atoms in total. The summed E-state index contributed by atoms with van der Waals surface area (Å²) < 4.78 is 5.36. The van der Waals surface area contributed by atoms with Gasteiger partial charge in [-0.25, -0.2) is 4.79 Å². The Morgan fingerprint density at radius 2 is 1.81 bits per heavy atom. The van der Waals surface area contributed by atoms with E-state index in [1.54, 1.807) is 36.4 Å². The normalized spacial score (nSPS) is 11.0. The number of para-hydroxylation sites is 1. The van der Waals surface area contributed by atoms with Crippen LogP contribution in [0.5, 0.6) is 0 Å². The second kappa shape index (κ2) is 8.87. The fourth-order valence-corrected chi connectivity index (χ4v) is 3.44. The molecule has 0 radical (unpaired) electrons. The zero-order valence-corrected chi connectivity index (χ0v) is 17.2. The minimum atomic E-state index is -0.512. The molecule has 0 fully saturated rings. The van der Waals surface area contributed by atoms with Crippen molar-refractivity contribution in [3.63, 3.8) is 0 Å². The van der Waals surface area contributed by atoms with Crippen LogP contribution in [-0.2, 0) is 4.79 Å². The molecular weight excluding hydrogens is 432 g/mol. The van der Waals surface area contributed by atoms with Gasteiger partial charge in [0.1, 0.15) is 5.58 Å². The molecule has 0 saturated carbocycles. The molecule has 158 valence electrons. The van der Waals surface area contributed by atoms with Crippen LogP contribution in [0.3, 0.4) is 0 Å². The van der Waals surface area contributed by atoms with E-state index in [2.05, 4.69) is 5.32 Å². The largest absolute Gasteiger partial charge is 0.422 e. The fraction of sp³-hybridized carbons (Fsp3) is 0. The Bertz CT molecular complexity index is 1440. The van der Waals surface area contributed by atoms with Crippen LogP contribution in [0.4, 0.5) is 11.4 Å². The molecule has 3 aromatic carbocycles. The number of hydrogen-bond donors (Lipinski definition) is 1. The summed E-state index contributed by atoms with van der Waals surface area (Å²) in [6.45, 7) is 0. The number of rotatable bonds is 5. The van der Waals surface area contributed by atoms with Gasteiger partial charge in [-0.15, -0.1) is 0 Å². The van der Waals surface area contributed by atoms with Crippen LogP contribution in [0.2, 0.25) is 5.02 Å². The van der Waals surface area contributed by atoms with E-state index < -0.39 is 16.5 Å². The van der Waals surface area contributed by atoms with Crippen LogP contribution in [0.15, 0.2) is 88.1 Å². The highest BCUT2D eigenvalue weighted by Gasteiger charge is 2.12. The first-order valence-corrected chi connectivity index (χ1v) is 9.85. The third-order valence-corrected chi connectivity index (χ3v) is 4.99. The number of fused-ring (bicyclic) bond motifs is 1. The maximum absolute atomic E-state index is 12.4. The van der Waals surface area contributed by atoms with Gasteiger partial charge in [-0.2, -0.15) is 0 Å². The molecule has 8 heteroatoms. The summed E-state index contributed by atoms with van der Waals surface area (Å²) in [5.41, 5.74) is 1.66. The predicted octanol–water partition coefficient (Wildman–Crippen LogP) is 5.67. The Kier molecular flexibility index (Phi) is 5.83. The van der Waals surface area contributed by atoms with Crippen LogP contribution in [0, 0.1) is 10.1 Å². The van der Waals surface area contributed by atoms with Crippen molar-refractivity contribution in [1.82, 2.24) is 0 Å². The molecule has 0 atom stereocenters. The summed E-state index contributed by atoms with van der Waals surface area (Å²) in [4.78, 5) is 35.0. The Morgan fingerprint density at radius 1 is 1.00 bits per heavy atom. The zero-order valence-electron chi connectivity index (χ0n) is 16.4. The van der Waals surface area contributed by atoms with Crippen LogP contribution < -0.4 is 10.9 Å². The third kappa shape index (κ3) is 4.58. The highest BCUT2D eigenvalue weighted by molar-refractivity contribution is 6.33. The van der Waals surface area contributed by atoms with Crippen molar-refractivity contribution in [3.05, 3.63) is 110 Å². The molecule has 0 aliphatic rings. The number of non-ortho nitro benzene ring substituents is 1. The first-order chi connectivity index (χ1) is 15.4. The third-order valence-electron chi connectivity index (χ3n) is 4.68. The SMILES string of the molecule is O=C(C=Cc1cccc([N+](=O)[O-])c1)Nc1ccc(-c2cc3ccccc3oc2=O)c(Cl)c1. The monoisotopic (exact) mass is 446 g/mol. The Morgan fingerprint density at radius 3 is 2.59 bits per heavy atom. The highest BCUT2D eigenvalue weighted by atomic mass is 35.5. The molecule has 1 N–H and O–H groups in total. The highest BCUT2D eigenvalue weighted by Crippen LogP contribution is 2.30. The Balaban J connectivity index is 1.53. The Hall–Kier alpha value is -4.23. The molecule has 0 spiro atoms. The second-order valence-corrected chi connectivity index (χ2v) is 7.26. The van der Waals surface area contributed by atoms with Crippen LogP contribution in [0.1, 0.15) is 5.56 Å². The first-order valence-electron chi connectivity index (χ1n) is 9.47. The fourth-order valence-electron chi connectivity index (χ4n) is 3.16. The molecule has 1 heterocycles. The quantitative estimate of drug-likeness (QED) is 0.184. The van der Waals surface area contributed by atoms with Crippen molar-refractivity contribution in [2.24, 2.45) is 0 Å². The second-order valence-electron chi connectivity index (χ2n) is 6.85. The van der Waals surface area contributed by atoms with E-state index in [9.17, 15) is 19.7 Å². The summed E-state index contributed by atoms with van der Waals surface area (Å²) in [7, 11) is 0. The first kappa shape index (κ1) is 21.0. The van der Waals surface area contributed by atoms with E-state index in [0.29, 0.717) is 28.0 Å². The van der Waals surface area contributed by atoms with Crippen LogP contribution in [0.25, 0.3) is 28.2 Å². The molecule has 1 amide bonds. The topological polar surface area (TPSA) is 102 Å². The molecule has 4 rings (SSSR count). The van der Waals surface area contributed by atoms with Crippen molar-refractivity contribution in [3.8, 4) is 11.1 Å². The van der Waals surface area contributed by atoms with Gasteiger partial charge in [-0.1, -0.05) is 48.0 Å².